The van der Waals surface area contributed by atoms with Crippen LogP contribution in [0.3, 0.4) is 0 Å². The Morgan fingerprint density at radius 1 is 1.63 bits per heavy atom. The number of aromatic nitrogens is 1. The van der Waals surface area contributed by atoms with Crippen LogP contribution >= 0.6 is 0 Å². The first-order chi connectivity index (χ1) is 9.26. The summed E-state index contributed by atoms with van der Waals surface area (Å²) in [7, 11) is 0. The SMILES string of the molecule is CCOC(=O)c1cc(/C=C/C2CC3CCC2N3)on1. The second-order valence-corrected chi connectivity index (χ2v) is 5.14. The van der Waals surface area contributed by atoms with Gasteiger partial charge in [0.2, 0.25) is 0 Å². The maximum absolute atomic E-state index is 11.4. The van der Waals surface area contributed by atoms with Gasteiger partial charge in [-0.1, -0.05) is 11.2 Å². The van der Waals surface area contributed by atoms with E-state index in [4.69, 9.17) is 9.26 Å². The lowest BCUT2D eigenvalue weighted by molar-refractivity contribution is 0.0514. The number of ether oxygens (including phenoxy) is 1. The first kappa shape index (κ1) is 12.4. The molecule has 2 fully saturated rings. The van der Waals surface area contributed by atoms with Crippen LogP contribution in [-0.2, 0) is 4.74 Å². The van der Waals surface area contributed by atoms with E-state index >= 15 is 0 Å². The van der Waals surface area contributed by atoms with Crippen LogP contribution in [0.5, 0.6) is 0 Å². The highest BCUT2D eigenvalue weighted by Gasteiger charge is 2.37. The minimum atomic E-state index is -0.438. The maximum atomic E-state index is 11.4. The Labute approximate surface area is 112 Å². The average Bonchev–Trinajstić information content (AvgIpc) is 3.12. The van der Waals surface area contributed by atoms with Gasteiger partial charge in [0.1, 0.15) is 0 Å². The Morgan fingerprint density at radius 3 is 3.21 bits per heavy atom. The quantitative estimate of drug-likeness (QED) is 0.841. The van der Waals surface area contributed by atoms with Gasteiger partial charge in [-0.2, -0.15) is 0 Å². The molecule has 5 nitrogen and oxygen atoms in total. The summed E-state index contributed by atoms with van der Waals surface area (Å²) in [4.78, 5) is 11.4. The van der Waals surface area contributed by atoms with E-state index in [9.17, 15) is 4.79 Å². The predicted octanol–water partition coefficient (Wildman–Crippen LogP) is 2.00. The second kappa shape index (κ2) is 5.17. The number of hydrogen-bond acceptors (Lipinski definition) is 5. The molecule has 0 aromatic carbocycles. The molecule has 2 saturated heterocycles. The van der Waals surface area contributed by atoms with Crippen molar-refractivity contribution in [1.29, 1.82) is 0 Å². The van der Waals surface area contributed by atoms with Crippen molar-refractivity contribution in [1.82, 2.24) is 10.5 Å². The van der Waals surface area contributed by atoms with Crippen LogP contribution in [0.1, 0.15) is 42.4 Å². The molecule has 0 spiro atoms. The van der Waals surface area contributed by atoms with Crippen LogP contribution in [0.25, 0.3) is 6.08 Å². The summed E-state index contributed by atoms with van der Waals surface area (Å²) in [6.45, 7) is 2.11. The van der Waals surface area contributed by atoms with Crippen LogP contribution in [0, 0.1) is 5.92 Å². The van der Waals surface area contributed by atoms with E-state index < -0.39 is 5.97 Å². The Balaban J connectivity index is 1.62. The van der Waals surface area contributed by atoms with Gasteiger partial charge >= 0.3 is 5.97 Å². The number of esters is 1. The molecule has 0 radical (unpaired) electrons. The Hall–Kier alpha value is -1.62. The summed E-state index contributed by atoms with van der Waals surface area (Å²) in [5.41, 5.74) is 0.229. The molecule has 1 aromatic rings. The summed E-state index contributed by atoms with van der Waals surface area (Å²) in [5.74, 6) is 0.730. The summed E-state index contributed by atoms with van der Waals surface area (Å²) < 4.78 is 9.98. The summed E-state index contributed by atoms with van der Waals surface area (Å²) in [6.07, 6.45) is 7.81. The van der Waals surface area contributed by atoms with Crippen molar-refractivity contribution < 1.29 is 14.1 Å². The topological polar surface area (TPSA) is 64.4 Å². The van der Waals surface area contributed by atoms with Gasteiger partial charge in [-0.25, -0.2) is 4.79 Å². The van der Waals surface area contributed by atoms with Gasteiger partial charge in [-0.05, 0) is 38.2 Å². The zero-order chi connectivity index (χ0) is 13.2. The van der Waals surface area contributed by atoms with Crippen LogP contribution in [0.15, 0.2) is 16.7 Å². The molecular weight excluding hydrogens is 244 g/mol. The van der Waals surface area contributed by atoms with Crippen molar-refractivity contribution in [2.45, 2.75) is 38.3 Å². The number of hydrogen-bond donors (Lipinski definition) is 1. The monoisotopic (exact) mass is 262 g/mol. The van der Waals surface area contributed by atoms with Crippen molar-refractivity contribution >= 4 is 12.0 Å². The molecule has 2 bridgehead atoms. The number of carbonyl (C=O) groups excluding carboxylic acids is 1. The minimum Gasteiger partial charge on any atom is -0.461 e. The van der Waals surface area contributed by atoms with Crippen LogP contribution in [0.4, 0.5) is 0 Å². The lowest BCUT2D eigenvalue weighted by atomic mass is 9.89. The van der Waals surface area contributed by atoms with E-state index in [0.717, 1.165) is 0 Å². The van der Waals surface area contributed by atoms with Gasteiger partial charge in [-0.3, -0.25) is 0 Å². The van der Waals surface area contributed by atoms with Crippen molar-refractivity contribution in [3.05, 3.63) is 23.6 Å². The van der Waals surface area contributed by atoms with Crippen LogP contribution < -0.4 is 5.32 Å². The summed E-state index contributed by atoms with van der Waals surface area (Å²) >= 11 is 0. The van der Waals surface area contributed by atoms with E-state index in [0.29, 0.717) is 30.4 Å². The molecule has 102 valence electrons. The molecule has 3 atom stereocenters. The lowest BCUT2D eigenvalue weighted by Crippen LogP contribution is -2.21. The van der Waals surface area contributed by atoms with Crippen LogP contribution in [0.2, 0.25) is 0 Å². The largest absolute Gasteiger partial charge is 0.461 e. The van der Waals surface area contributed by atoms with Gasteiger partial charge in [0, 0.05) is 18.2 Å². The molecular formula is C14H18N2O3. The Bertz CT molecular complexity index is 495. The summed E-state index contributed by atoms with van der Waals surface area (Å²) in [5, 5.41) is 7.29. The Kier molecular flexibility index (Phi) is 3.38. The maximum Gasteiger partial charge on any atom is 0.360 e. The fourth-order valence-corrected chi connectivity index (χ4v) is 2.97. The zero-order valence-corrected chi connectivity index (χ0v) is 11.0. The number of fused-ring (bicyclic) bond motifs is 2. The number of carbonyl (C=O) groups is 1. The van der Waals surface area contributed by atoms with E-state index in [1.807, 2.05) is 6.08 Å². The van der Waals surface area contributed by atoms with Gasteiger partial charge in [-0.15, -0.1) is 0 Å². The van der Waals surface area contributed by atoms with E-state index in [-0.39, 0.29) is 5.69 Å². The van der Waals surface area contributed by atoms with E-state index in [1.54, 1.807) is 13.0 Å². The molecule has 19 heavy (non-hydrogen) atoms. The van der Waals surface area contributed by atoms with E-state index in [1.165, 1.54) is 19.3 Å². The number of nitrogens with zero attached hydrogens (tertiary/aromatic N) is 1. The van der Waals surface area contributed by atoms with Gasteiger partial charge in [0.05, 0.1) is 6.61 Å². The first-order valence-corrected chi connectivity index (χ1v) is 6.84. The molecule has 5 heteroatoms. The lowest BCUT2D eigenvalue weighted by Gasteiger charge is -2.15. The van der Waals surface area contributed by atoms with E-state index in [2.05, 4.69) is 16.5 Å². The molecule has 0 aliphatic carbocycles. The molecule has 0 amide bonds. The van der Waals surface area contributed by atoms with Crippen molar-refractivity contribution in [3.63, 3.8) is 0 Å². The molecule has 3 heterocycles. The van der Waals surface area contributed by atoms with Gasteiger partial charge in [0.15, 0.2) is 11.5 Å². The third kappa shape index (κ3) is 2.56. The van der Waals surface area contributed by atoms with Crippen molar-refractivity contribution in [2.75, 3.05) is 6.61 Å². The fraction of sp³-hybridized carbons (Fsp3) is 0.571. The van der Waals surface area contributed by atoms with Crippen LogP contribution in [-0.4, -0.2) is 29.8 Å². The highest BCUT2D eigenvalue weighted by molar-refractivity contribution is 5.87. The molecule has 3 unspecified atom stereocenters. The van der Waals surface area contributed by atoms with Gasteiger partial charge in [0.25, 0.3) is 0 Å². The molecule has 1 aromatic heterocycles. The number of nitrogens with one attached hydrogen (secondary N) is 1. The smallest absolute Gasteiger partial charge is 0.360 e. The number of rotatable bonds is 4. The fourth-order valence-electron chi connectivity index (χ4n) is 2.97. The normalized spacial score (nSPS) is 29.2. The first-order valence-electron chi connectivity index (χ1n) is 6.84. The van der Waals surface area contributed by atoms with Crippen molar-refractivity contribution in [3.8, 4) is 0 Å². The van der Waals surface area contributed by atoms with Gasteiger partial charge < -0.3 is 14.6 Å². The third-order valence-electron chi connectivity index (χ3n) is 3.87. The predicted molar refractivity (Wildman–Crippen MR) is 69.5 cm³/mol. The molecule has 1 N–H and O–H groups in total. The molecule has 2 aliphatic rings. The third-order valence-corrected chi connectivity index (χ3v) is 3.87. The summed E-state index contributed by atoms with van der Waals surface area (Å²) in [6, 6.07) is 2.91. The highest BCUT2D eigenvalue weighted by atomic mass is 16.5. The standard InChI is InChI=1S/C14H18N2O3/c1-2-18-14(17)13-8-11(19-16-13)5-3-9-7-10-4-6-12(9)15-10/h3,5,8-10,12,15H,2,4,6-7H2,1H3/b5-3+. The molecule has 0 saturated carbocycles. The Morgan fingerprint density at radius 2 is 2.53 bits per heavy atom. The average molecular weight is 262 g/mol. The molecule has 3 rings (SSSR count). The second-order valence-electron chi connectivity index (χ2n) is 5.14. The highest BCUT2D eigenvalue weighted by Crippen LogP contribution is 2.34. The zero-order valence-electron chi connectivity index (χ0n) is 11.0. The molecule has 2 aliphatic heterocycles. The minimum absolute atomic E-state index is 0.229. The van der Waals surface area contributed by atoms with Crippen molar-refractivity contribution in [2.24, 2.45) is 5.92 Å².